The molecule has 19 heavy (non-hydrogen) atoms. The monoisotopic (exact) mass is 274 g/mol. The Bertz CT molecular complexity index is 397. The van der Waals surface area contributed by atoms with Gasteiger partial charge in [-0.2, -0.15) is 4.39 Å². The zero-order valence-electron chi connectivity index (χ0n) is 10.5. The number of benzene rings is 1. The molecule has 1 heterocycles. The minimum atomic E-state index is -3.13. The van der Waals surface area contributed by atoms with E-state index in [1.165, 1.54) is 6.07 Å². The molecule has 1 aromatic carbocycles. The Morgan fingerprint density at radius 3 is 2.63 bits per heavy atom. The van der Waals surface area contributed by atoms with Crippen LogP contribution in [0.4, 0.5) is 13.2 Å². The molecule has 0 saturated carbocycles. The van der Waals surface area contributed by atoms with Crippen molar-refractivity contribution in [2.75, 3.05) is 26.2 Å². The topological polar surface area (TPSA) is 24.5 Å². The zero-order valence-corrected chi connectivity index (χ0v) is 10.5. The summed E-state index contributed by atoms with van der Waals surface area (Å²) in [7, 11) is 0. The lowest BCUT2D eigenvalue weighted by Crippen LogP contribution is -2.42. The summed E-state index contributed by atoms with van der Waals surface area (Å²) in [5, 5.41) is 3.25. The third-order valence-corrected chi connectivity index (χ3v) is 2.96. The van der Waals surface area contributed by atoms with Gasteiger partial charge in [0.25, 0.3) is 6.36 Å². The summed E-state index contributed by atoms with van der Waals surface area (Å²) in [6.45, 7) is 4.47. The van der Waals surface area contributed by atoms with E-state index in [9.17, 15) is 13.2 Å². The SMILES string of the molecule is FC(F)C(F)Oc1cccc(CN2CCNCC2)c1. The Hall–Kier alpha value is -1.27. The minimum absolute atomic E-state index is 0.139. The van der Waals surface area contributed by atoms with Crippen molar-refractivity contribution in [1.82, 2.24) is 10.2 Å². The van der Waals surface area contributed by atoms with Gasteiger partial charge in [0, 0.05) is 32.7 Å². The first-order valence-corrected chi connectivity index (χ1v) is 6.26. The summed E-state index contributed by atoms with van der Waals surface area (Å²) in [6.07, 6.45) is -5.70. The maximum absolute atomic E-state index is 12.8. The van der Waals surface area contributed by atoms with E-state index in [2.05, 4.69) is 15.0 Å². The number of hydrogen-bond donors (Lipinski definition) is 1. The van der Waals surface area contributed by atoms with E-state index < -0.39 is 12.8 Å². The molecule has 1 saturated heterocycles. The molecule has 106 valence electrons. The zero-order chi connectivity index (χ0) is 13.7. The number of nitrogens with one attached hydrogen (secondary N) is 1. The van der Waals surface area contributed by atoms with E-state index >= 15 is 0 Å². The highest BCUT2D eigenvalue weighted by atomic mass is 19.3. The van der Waals surface area contributed by atoms with E-state index in [1.807, 2.05) is 6.07 Å². The third-order valence-electron chi connectivity index (χ3n) is 2.96. The summed E-state index contributed by atoms with van der Waals surface area (Å²) in [4.78, 5) is 2.25. The Balaban J connectivity index is 1.94. The average Bonchev–Trinajstić information content (AvgIpc) is 2.40. The van der Waals surface area contributed by atoms with Crippen LogP contribution >= 0.6 is 0 Å². The van der Waals surface area contributed by atoms with Crippen LogP contribution in [0.25, 0.3) is 0 Å². The van der Waals surface area contributed by atoms with Crippen LogP contribution in [-0.2, 0) is 6.54 Å². The van der Waals surface area contributed by atoms with Crippen molar-refractivity contribution in [1.29, 1.82) is 0 Å². The predicted molar refractivity (Wildman–Crippen MR) is 66.1 cm³/mol. The minimum Gasteiger partial charge on any atom is -0.454 e. The fraction of sp³-hybridized carbons (Fsp3) is 0.538. The van der Waals surface area contributed by atoms with E-state index in [0.717, 1.165) is 31.7 Å². The standard InChI is InChI=1S/C13H17F3N2O/c14-12(15)13(16)19-11-3-1-2-10(8-11)9-18-6-4-17-5-7-18/h1-3,8,12-13,17H,4-7,9H2. The lowest BCUT2D eigenvalue weighted by molar-refractivity contribution is -0.0669. The highest BCUT2D eigenvalue weighted by molar-refractivity contribution is 5.28. The Labute approximate surface area is 110 Å². The second-order valence-electron chi connectivity index (χ2n) is 4.48. The van der Waals surface area contributed by atoms with Crippen molar-refractivity contribution in [3.05, 3.63) is 29.8 Å². The van der Waals surface area contributed by atoms with Gasteiger partial charge in [0.2, 0.25) is 0 Å². The van der Waals surface area contributed by atoms with Crippen LogP contribution < -0.4 is 10.1 Å². The van der Waals surface area contributed by atoms with Crippen molar-refractivity contribution in [2.24, 2.45) is 0 Å². The van der Waals surface area contributed by atoms with E-state index in [1.54, 1.807) is 12.1 Å². The van der Waals surface area contributed by atoms with Crippen molar-refractivity contribution in [3.8, 4) is 5.75 Å². The summed E-state index contributed by atoms with van der Waals surface area (Å²) in [5.74, 6) is 0.139. The molecule has 3 nitrogen and oxygen atoms in total. The molecule has 0 aliphatic carbocycles. The Kier molecular flexibility index (Phi) is 5.04. The summed E-state index contributed by atoms with van der Waals surface area (Å²) < 4.78 is 41.5. The van der Waals surface area contributed by atoms with Crippen LogP contribution in [0.1, 0.15) is 5.56 Å². The van der Waals surface area contributed by atoms with Gasteiger partial charge in [0.15, 0.2) is 0 Å². The summed E-state index contributed by atoms with van der Waals surface area (Å²) >= 11 is 0. The second kappa shape index (κ2) is 6.77. The number of rotatable bonds is 5. The van der Waals surface area contributed by atoms with Crippen LogP contribution in [0.15, 0.2) is 24.3 Å². The van der Waals surface area contributed by atoms with Gasteiger partial charge in [-0.25, -0.2) is 8.78 Å². The van der Waals surface area contributed by atoms with Gasteiger partial charge in [0.1, 0.15) is 5.75 Å². The molecular formula is C13H17F3N2O. The first kappa shape index (κ1) is 14.1. The summed E-state index contributed by atoms with van der Waals surface area (Å²) in [6, 6.07) is 6.66. The van der Waals surface area contributed by atoms with Crippen LogP contribution in [0, 0.1) is 0 Å². The van der Waals surface area contributed by atoms with Crippen molar-refractivity contribution in [3.63, 3.8) is 0 Å². The Morgan fingerprint density at radius 2 is 1.95 bits per heavy atom. The molecule has 1 N–H and O–H groups in total. The van der Waals surface area contributed by atoms with Crippen molar-refractivity contribution >= 4 is 0 Å². The molecule has 1 aliphatic heterocycles. The number of alkyl halides is 3. The first-order valence-electron chi connectivity index (χ1n) is 6.26. The largest absolute Gasteiger partial charge is 0.454 e. The fourth-order valence-electron chi connectivity index (χ4n) is 2.03. The fourth-order valence-corrected chi connectivity index (χ4v) is 2.03. The van der Waals surface area contributed by atoms with Gasteiger partial charge in [-0.15, -0.1) is 0 Å². The molecule has 6 heteroatoms. The highest BCUT2D eigenvalue weighted by Gasteiger charge is 2.20. The molecule has 1 aromatic rings. The molecule has 1 unspecified atom stereocenters. The third kappa shape index (κ3) is 4.40. The molecule has 0 radical (unpaired) electrons. The molecule has 2 rings (SSSR count). The molecule has 1 atom stereocenters. The maximum atomic E-state index is 12.8. The number of hydrogen-bond acceptors (Lipinski definition) is 3. The van der Waals surface area contributed by atoms with Gasteiger partial charge in [-0.05, 0) is 17.7 Å². The molecule has 1 fully saturated rings. The lowest BCUT2D eigenvalue weighted by atomic mass is 10.2. The molecule has 1 aliphatic rings. The van der Waals surface area contributed by atoms with Crippen molar-refractivity contribution < 1.29 is 17.9 Å². The van der Waals surface area contributed by atoms with Gasteiger partial charge >= 0.3 is 6.43 Å². The number of piperazine rings is 1. The number of ether oxygens (including phenoxy) is 1. The van der Waals surface area contributed by atoms with Gasteiger partial charge in [0.05, 0.1) is 0 Å². The van der Waals surface area contributed by atoms with Crippen LogP contribution in [0.5, 0.6) is 5.75 Å². The summed E-state index contributed by atoms with van der Waals surface area (Å²) in [5.41, 5.74) is 0.931. The first-order chi connectivity index (χ1) is 9.15. The van der Waals surface area contributed by atoms with E-state index in [4.69, 9.17) is 0 Å². The smallest absolute Gasteiger partial charge is 0.304 e. The van der Waals surface area contributed by atoms with Crippen molar-refractivity contribution in [2.45, 2.75) is 19.3 Å². The van der Waals surface area contributed by atoms with Gasteiger partial charge in [-0.1, -0.05) is 12.1 Å². The van der Waals surface area contributed by atoms with Crippen LogP contribution in [0.2, 0.25) is 0 Å². The van der Waals surface area contributed by atoms with Gasteiger partial charge in [-0.3, -0.25) is 4.90 Å². The number of halogens is 3. The molecular weight excluding hydrogens is 257 g/mol. The maximum Gasteiger partial charge on any atom is 0.304 e. The average molecular weight is 274 g/mol. The lowest BCUT2D eigenvalue weighted by Gasteiger charge is -2.27. The van der Waals surface area contributed by atoms with Crippen LogP contribution in [-0.4, -0.2) is 43.9 Å². The Morgan fingerprint density at radius 1 is 1.21 bits per heavy atom. The second-order valence-corrected chi connectivity index (χ2v) is 4.48. The van der Waals surface area contributed by atoms with E-state index in [0.29, 0.717) is 6.54 Å². The van der Waals surface area contributed by atoms with Gasteiger partial charge < -0.3 is 10.1 Å². The molecule has 0 amide bonds. The van der Waals surface area contributed by atoms with Crippen LogP contribution in [0.3, 0.4) is 0 Å². The molecule has 0 bridgehead atoms. The highest BCUT2D eigenvalue weighted by Crippen LogP contribution is 2.19. The molecule has 0 spiro atoms. The van der Waals surface area contributed by atoms with E-state index in [-0.39, 0.29) is 5.75 Å². The predicted octanol–water partition coefficient (Wildman–Crippen LogP) is 2.03. The number of nitrogens with zero attached hydrogens (tertiary/aromatic N) is 1. The quantitative estimate of drug-likeness (QED) is 0.889. The normalized spacial score (nSPS) is 18.5. The molecule has 0 aromatic heterocycles.